The quantitative estimate of drug-likeness (QED) is 0.252. The van der Waals surface area contributed by atoms with Gasteiger partial charge in [-0.05, 0) is 8.77 Å². The molecule has 3 fully saturated rings. The molecule has 3 aliphatic rings. The van der Waals surface area contributed by atoms with E-state index < -0.39 is 29.6 Å². The highest BCUT2D eigenvalue weighted by Gasteiger charge is 2.54. The molecule has 0 aromatic heterocycles. The highest BCUT2D eigenvalue weighted by atomic mass is 32.3. The number of rotatable bonds is 2. The third-order valence-corrected chi connectivity index (χ3v) is 3.48. The maximum Gasteiger partial charge on any atom is 0.673 e. The Morgan fingerprint density at radius 2 is 1.00 bits per heavy atom. The zero-order chi connectivity index (χ0) is 19.4. The van der Waals surface area contributed by atoms with Crippen molar-refractivity contribution in [1.29, 1.82) is 0 Å². The van der Waals surface area contributed by atoms with E-state index in [9.17, 15) is 47.4 Å². The molecule has 3 saturated heterocycles. The van der Waals surface area contributed by atoms with E-state index in [1.54, 1.807) is 0 Å². The average Bonchev–Trinajstić information content (AvgIpc) is 2.25. The Bertz CT molecular complexity index is 465. The number of hydrogen-bond acceptors (Lipinski definition) is 3. The van der Waals surface area contributed by atoms with Crippen LogP contribution in [-0.2, 0) is 14.7 Å². The Hall–Kier alpha value is -0.710. The molecule has 18 heteroatoms. The molecule has 3 rings (SSSR count). The lowest BCUT2D eigenvalue weighted by molar-refractivity contribution is -1.20. The summed E-state index contributed by atoms with van der Waals surface area (Å²) in [5, 5.41) is 0. The van der Waals surface area contributed by atoms with Crippen molar-refractivity contribution in [2.45, 2.75) is 0 Å². The van der Waals surface area contributed by atoms with Crippen LogP contribution in [0.1, 0.15) is 0 Å². The third-order valence-electron chi connectivity index (χ3n) is 2.98. The van der Waals surface area contributed by atoms with Gasteiger partial charge in [0, 0.05) is 0 Å². The summed E-state index contributed by atoms with van der Waals surface area (Å²) >= 11 is 0. The van der Waals surface area contributed by atoms with Crippen LogP contribution in [0.25, 0.3) is 0 Å². The second kappa shape index (κ2) is 7.67. The summed E-state index contributed by atoms with van der Waals surface area (Å²) in [6, 6.07) is 0. The summed E-state index contributed by atoms with van der Waals surface area (Å²) in [6.07, 6.45) is 0. The third kappa shape index (κ3) is 12.7. The van der Waals surface area contributed by atoms with Gasteiger partial charge in [0.2, 0.25) is 0 Å². The first kappa shape index (κ1) is 23.3. The molecule has 0 atom stereocenters. The molecule has 24 heavy (non-hydrogen) atoms. The lowest BCUT2D eigenvalue weighted by atomic mass is 10.2. The van der Waals surface area contributed by atoms with Crippen LogP contribution in [-0.4, -0.2) is 76.1 Å². The normalized spacial score (nSPS) is 29.9. The van der Waals surface area contributed by atoms with Gasteiger partial charge >= 0.3 is 24.9 Å². The van der Waals surface area contributed by atoms with Crippen LogP contribution in [0.4, 0.5) is 39.0 Å². The first-order valence-corrected chi connectivity index (χ1v) is 7.54. The molecule has 0 radical (unpaired) electrons. The maximum atomic E-state index is 13.6. The van der Waals surface area contributed by atoms with E-state index in [2.05, 4.69) is 4.28 Å². The molecule has 0 saturated carbocycles. The number of hydroxylamine groups is 3. The van der Waals surface area contributed by atoms with Crippen molar-refractivity contribution < 1.29 is 65.6 Å². The van der Waals surface area contributed by atoms with Gasteiger partial charge in [0.25, 0.3) is 0 Å². The fraction of sp³-hybridized carbons (Fsp3) is 1.00. The standard InChI is InChI=1S/C6H12FN2O4S.2BF4/c7-8-1-4-9(5-2-8,6-3-8)13-14(10,11)12;2*2-1(3,4)5/h1-6H2;;/q+1;2*-1/p+1. The van der Waals surface area contributed by atoms with Crippen molar-refractivity contribution in [1.82, 2.24) is 0 Å². The topological polar surface area (TPSA) is 63.6 Å². The Morgan fingerprint density at radius 1 is 0.750 bits per heavy atom. The smallest absolute Gasteiger partial charge is 0.418 e. The predicted octanol–water partition coefficient (Wildman–Crippen LogP) is 1.87. The van der Waals surface area contributed by atoms with E-state index in [1.807, 2.05) is 0 Å². The molecule has 0 unspecified atom stereocenters. The molecule has 1 N–H and O–H groups in total. The van der Waals surface area contributed by atoms with Crippen molar-refractivity contribution in [3.63, 3.8) is 0 Å². The lowest BCUT2D eigenvalue weighted by Crippen LogP contribution is -2.72. The first-order chi connectivity index (χ1) is 10.3. The largest absolute Gasteiger partial charge is 0.673 e. The Labute approximate surface area is 131 Å². The number of hydrogen-bond donors (Lipinski definition) is 1. The van der Waals surface area contributed by atoms with Crippen molar-refractivity contribution in [2.24, 2.45) is 0 Å². The monoisotopic (exact) mass is 402 g/mol. The zero-order valence-corrected chi connectivity index (χ0v) is 12.6. The van der Waals surface area contributed by atoms with Gasteiger partial charge in [-0.3, -0.25) is 4.55 Å². The Kier molecular flexibility index (Phi) is 7.44. The summed E-state index contributed by atoms with van der Waals surface area (Å²) in [5.41, 5.74) is 0. The number of piperazine rings is 3. The predicted molar refractivity (Wildman–Crippen MR) is 63.8 cm³/mol. The Morgan fingerprint density at radius 3 is 1.21 bits per heavy atom. The molecule has 6 nitrogen and oxygen atoms in total. The van der Waals surface area contributed by atoms with Crippen LogP contribution >= 0.6 is 0 Å². The van der Waals surface area contributed by atoms with E-state index in [-0.39, 0.29) is 43.9 Å². The summed E-state index contributed by atoms with van der Waals surface area (Å²) in [7, 11) is -16.4. The second-order valence-electron chi connectivity index (χ2n) is 4.92. The number of fused-ring (bicyclic) bond motifs is 3. The van der Waals surface area contributed by atoms with Gasteiger partial charge < -0.3 is 34.5 Å². The number of nitrogens with zero attached hydrogens (tertiary/aromatic N) is 2. The van der Waals surface area contributed by atoms with Crippen molar-refractivity contribution >= 4 is 24.9 Å². The fourth-order valence-electron chi connectivity index (χ4n) is 2.07. The summed E-state index contributed by atoms with van der Waals surface area (Å²) < 4.78 is 125. The van der Waals surface area contributed by atoms with E-state index in [4.69, 9.17) is 4.55 Å². The average molecular weight is 402 g/mol. The molecule has 0 aromatic carbocycles. The molecule has 0 aliphatic carbocycles. The van der Waals surface area contributed by atoms with Crippen LogP contribution < -0.4 is 0 Å². The highest BCUT2D eigenvalue weighted by Crippen LogP contribution is 2.28. The minimum absolute atomic E-state index is 0.164. The SMILES string of the molecule is F[B-](F)(F)F.F[B-](F)(F)F.O=S(=O)(O)O[N+]12CC[N+](F)(CC1)CC2. The molecule has 3 aliphatic heterocycles. The molecule has 3 heterocycles. The van der Waals surface area contributed by atoms with Crippen molar-refractivity contribution in [3.05, 3.63) is 0 Å². The molecule has 0 aromatic rings. The van der Waals surface area contributed by atoms with Gasteiger partial charge in [0.1, 0.15) is 0 Å². The van der Waals surface area contributed by atoms with Gasteiger partial charge in [-0.2, -0.15) is 8.42 Å². The molecule has 2 bridgehead atoms. The van der Waals surface area contributed by atoms with Crippen LogP contribution in [0.5, 0.6) is 0 Å². The molecule has 146 valence electrons. The summed E-state index contributed by atoms with van der Waals surface area (Å²) in [6.45, 7) is 1.60. The molecule has 0 amide bonds. The Balaban J connectivity index is 0.000000442. The van der Waals surface area contributed by atoms with Crippen LogP contribution in [0.2, 0.25) is 0 Å². The number of quaternary nitrogens is 2. The van der Waals surface area contributed by atoms with Gasteiger partial charge in [-0.1, -0.05) is 0 Å². The van der Waals surface area contributed by atoms with Crippen LogP contribution in [0.15, 0.2) is 0 Å². The van der Waals surface area contributed by atoms with Gasteiger partial charge in [-0.25, -0.2) is 0 Å². The van der Waals surface area contributed by atoms with Gasteiger partial charge in [0.15, 0.2) is 39.3 Å². The van der Waals surface area contributed by atoms with Crippen molar-refractivity contribution in [2.75, 3.05) is 39.3 Å². The summed E-state index contributed by atoms with van der Waals surface area (Å²) in [4.78, 5) is 0. The van der Waals surface area contributed by atoms with Crippen LogP contribution in [0.3, 0.4) is 0 Å². The molecular weight excluding hydrogens is 389 g/mol. The first-order valence-electron chi connectivity index (χ1n) is 6.18. The lowest BCUT2D eigenvalue weighted by Gasteiger charge is -2.45. The fourth-order valence-corrected chi connectivity index (χ4v) is 2.69. The maximum absolute atomic E-state index is 13.6. The van der Waals surface area contributed by atoms with E-state index in [1.165, 1.54) is 0 Å². The zero-order valence-electron chi connectivity index (χ0n) is 11.8. The van der Waals surface area contributed by atoms with Crippen molar-refractivity contribution in [3.8, 4) is 0 Å². The van der Waals surface area contributed by atoms with E-state index >= 15 is 0 Å². The number of halogens is 9. The van der Waals surface area contributed by atoms with E-state index in [0.717, 1.165) is 0 Å². The molecule has 0 spiro atoms. The highest BCUT2D eigenvalue weighted by molar-refractivity contribution is 7.80. The summed E-state index contributed by atoms with van der Waals surface area (Å²) in [5.74, 6) is 0. The minimum atomic E-state index is -6.00. The van der Waals surface area contributed by atoms with Gasteiger partial charge in [-0.15, -0.1) is 9.35 Å². The molecular formula is C6H13B2F9N2O4S. The van der Waals surface area contributed by atoms with E-state index in [0.29, 0.717) is 0 Å². The minimum Gasteiger partial charge on any atom is -0.418 e. The van der Waals surface area contributed by atoms with Gasteiger partial charge in [0.05, 0.1) is 0 Å². The van der Waals surface area contributed by atoms with Crippen LogP contribution in [0, 0.1) is 0 Å². The second-order valence-corrected chi connectivity index (χ2v) is 5.93.